The first-order chi connectivity index (χ1) is 23.5. The number of nitrogens with zero attached hydrogens (tertiary/aromatic N) is 1. The van der Waals surface area contributed by atoms with Crippen molar-refractivity contribution in [3.05, 3.63) is 96.2 Å². The number of benzene rings is 3. The van der Waals surface area contributed by atoms with E-state index in [1.54, 1.807) is 50.4 Å². The number of aliphatic hydroxyl groups excluding tert-OH is 1. The lowest BCUT2D eigenvalue weighted by Crippen LogP contribution is -2.45. The van der Waals surface area contributed by atoms with Crippen LogP contribution in [0, 0.1) is 3.57 Å². The van der Waals surface area contributed by atoms with Gasteiger partial charge in [-0.25, -0.2) is 14.4 Å². The molecule has 0 unspecified atom stereocenters. The number of ether oxygens (including phenoxy) is 5. The molecule has 13 nitrogen and oxygen atoms in total. The number of carbonyl (C=O) groups excluding carboxylic acids is 3. The first-order valence-electron chi connectivity index (χ1n) is 15.1. The maximum atomic E-state index is 12.5. The number of rotatable bonds is 15. The minimum absolute atomic E-state index is 0.165. The summed E-state index contributed by atoms with van der Waals surface area (Å²) in [5, 5.41) is 20.0. The van der Waals surface area contributed by atoms with E-state index in [2.05, 4.69) is 59.7 Å². The molecule has 1 aliphatic rings. The van der Waals surface area contributed by atoms with E-state index in [1.807, 2.05) is 31.2 Å². The Bertz CT molecular complexity index is 1710. The number of carbonyl (C=O) groups is 3. The lowest BCUT2D eigenvalue weighted by Gasteiger charge is -2.28. The number of urea groups is 1. The highest BCUT2D eigenvalue weighted by molar-refractivity contribution is 14.1. The molecule has 1 aliphatic heterocycles. The van der Waals surface area contributed by atoms with Gasteiger partial charge in [-0.1, -0.05) is 18.2 Å². The molecule has 2 atom stereocenters. The average molecular weight is 851 g/mol. The monoisotopic (exact) mass is 850 g/mol. The minimum Gasteiger partial charge on any atom is -0.490 e. The number of methoxy groups -OCH3 is 1. The Labute approximate surface area is 305 Å². The van der Waals surface area contributed by atoms with Gasteiger partial charge in [0.05, 0.1) is 51.8 Å². The highest BCUT2D eigenvalue weighted by Crippen LogP contribution is 2.35. The minimum atomic E-state index is -1.16. The van der Waals surface area contributed by atoms with Crippen molar-refractivity contribution in [2.45, 2.75) is 39.6 Å². The van der Waals surface area contributed by atoms with Crippen LogP contribution in [-0.4, -0.2) is 62.4 Å². The Morgan fingerprint density at radius 1 is 1.04 bits per heavy atom. The molecule has 0 saturated heterocycles. The second-order valence-electron chi connectivity index (χ2n) is 10.4. The molecule has 4 rings (SSSR count). The standard InChI is InChI=1S/C34H36BrIN4O9/c1-5-46-27-15-23(30-29(33(43)45-4)19(3)38-34(44)39-30)11-12-26(27)48-18-28(41)40-37-16-21-13-24(35)31(25(36)14-21)49-17-20-7-9-22(10-8-20)32(42)47-6-2/h7-16,28,30,40-41H,5-6,17-18H2,1-4H3,(H2,38,39,44)/b37-16+/t28-,30+/m1/s1. The van der Waals surface area contributed by atoms with Gasteiger partial charge in [0.25, 0.3) is 0 Å². The van der Waals surface area contributed by atoms with Gasteiger partial charge in [0, 0.05) is 5.70 Å². The van der Waals surface area contributed by atoms with E-state index in [-0.39, 0.29) is 18.1 Å². The van der Waals surface area contributed by atoms with Gasteiger partial charge in [0.1, 0.15) is 19.0 Å². The zero-order valence-electron chi connectivity index (χ0n) is 27.2. The summed E-state index contributed by atoms with van der Waals surface area (Å²) in [4.78, 5) is 36.5. The predicted molar refractivity (Wildman–Crippen MR) is 193 cm³/mol. The van der Waals surface area contributed by atoms with Crippen molar-refractivity contribution in [2.75, 3.05) is 26.9 Å². The SMILES string of the molecule is CCOC(=O)c1ccc(COc2c(Br)cc(/C=N/N[C@H](O)COc3ccc([C@@H]4NC(=O)NC(C)=C4C(=O)OC)cc3OCC)cc2I)cc1. The average Bonchev–Trinajstić information content (AvgIpc) is 3.07. The van der Waals surface area contributed by atoms with Gasteiger partial charge in [-0.15, -0.1) is 0 Å². The number of amides is 2. The molecule has 260 valence electrons. The van der Waals surface area contributed by atoms with Gasteiger partial charge in [-0.05, 0) is 112 Å². The molecule has 1 heterocycles. The number of hydrazone groups is 1. The largest absolute Gasteiger partial charge is 0.490 e. The summed E-state index contributed by atoms with van der Waals surface area (Å²) in [7, 11) is 1.27. The van der Waals surface area contributed by atoms with Crippen molar-refractivity contribution in [1.29, 1.82) is 0 Å². The predicted octanol–water partition coefficient (Wildman–Crippen LogP) is 5.33. The van der Waals surface area contributed by atoms with Crippen molar-refractivity contribution >= 4 is 62.7 Å². The first kappa shape index (κ1) is 37.5. The Morgan fingerprint density at radius 2 is 1.80 bits per heavy atom. The molecule has 0 bridgehead atoms. The van der Waals surface area contributed by atoms with Crippen LogP contribution in [0.3, 0.4) is 0 Å². The lowest BCUT2D eigenvalue weighted by molar-refractivity contribution is -0.136. The number of nitrogens with one attached hydrogen (secondary N) is 3. The van der Waals surface area contributed by atoms with Crippen LogP contribution in [0.2, 0.25) is 0 Å². The van der Waals surface area contributed by atoms with E-state index in [1.165, 1.54) is 7.11 Å². The highest BCUT2D eigenvalue weighted by atomic mass is 127. The zero-order chi connectivity index (χ0) is 35.5. The third-order valence-corrected chi connectivity index (χ3v) is 8.37. The fourth-order valence-electron chi connectivity index (χ4n) is 4.72. The summed E-state index contributed by atoms with van der Waals surface area (Å²) >= 11 is 5.73. The van der Waals surface area contributed by atoms with Crippen molar-refractivity contribution < 1.29 is 43.2 Å². The van der Waals surface area contributed by atoms with Gasteiger partial charge in [0.2, 0.25) is 0 Å². The molecule has 49 heavy (non-hydrogen) atoms. The van der Waals surface area contributed by atoms with E-state index in [0.29, 0.717) is 58.4 Å². The smallest absolute Gasteiger partial charge is 0.338 e. The molecule has 0 fully saturated rings. The summed E-state index contributed by atoms with van der Waals surface area (Å²) in [6.07, 6.45) is 0.391. The van der Waals surface area contributed by atoms with Crippen molar-refractivity contribution in [3.8, 4) is 17.2 Å². The molecule has 2 amide bonds. The number of halogens is 2. The lowest BCUT2D eigenvalue weighted by atomic mass is 9.95. The van der Waals surface area contributed by atoms with E-state index < -0.39 is 24.3 Å². The van der Waals surface area contributed by atoms with Crippen LogP contribution in [-0.2, 0) is 20.9 Å². The maximum absolute atomic E-state index is 12.5. The summed E-state index contributed by atoms with van der Waals surface area (Å²) in [5.74, 6) is 0.419. The van der Waals surface area contributed by atoms with Crippen LogP contribution < -0.4 is 30.3 Å². The Hall–Kier alpha value is -4.35. The molecular formula is C34H36BrIN4O9. The number of esters is 2. The number of allylic oxidation sites excluding steroid dienone is 1. The zero-order valence-corrected chi connectivity index (χ0v) is 30.9. The van der Waals surface area contributed by atoms with Crippen LogP contribution in [0.4, 0.5) is 4.79 Å². The highest BCUT2D eigenvalue weighted by Gasteiger charge is 2.32. The quantitative estimate of drug-likeness (QED) is 0.0517. The second kappa shape index (κ2) is 17.9. The van der Waals surface area contributed by atoms with Crippen molar-refractivity contribution in [1.82, 2.24) is 16.1 Å². The van der Waals surface area contributed by atoms with Crippen LogP contribution in [0.1, 0.15) is 53.9 Å². The van der Waals surface area contributed by atoms with Gasteiger partial charge in [-0.2, -0.15) is 5.10 Å². The molecular weight excluding hydrogens is 815 g/mol. The summed E-state index contributed by atoms with van der Waals surface area (Å²) in [6, 6.07) is 14.5. The molecule has 0 spiro atoms. The molecule has 0 aromatic heterocycles. The van der Waals surface area contributed by atoms with Crippen LogP contribution in [0.15, 0.2) is 75.4 Å². The van der Waals surface area contributed by atoms with E-state index >= 15 is 0 Å². The van der Waals surface area contributed by atoms with E-state index in [9.17, 15) is 19.5 Å². The Balaban J connectivity index is 1.34. The molecule has 3 aromatic carbocycles. The maximum Gasteiger partial charge on any atom is 0.338 e. The van der Waals surface area contributed by atoms with E-state index in [0.717, 1.165) is 14.7 Å². The van der Waals surface area contributed by atoms with Crippen LogP contribution in [0.25, 0.3) is 0 Å². The molecule has 3 aromatic rings. The summed E-state index contributed by atoms with van der Waals surface area (Å²) in [6.45, 7) is 5.97. The Kier molecular flexibility index (Phi) is 13.7. The third kappa shape index (κ3) is 10.1. The fourth-order valence-corrected chi connectivity index (χ4v) is 6.49. The van der Waals surface area contributed by atoms with Crippen molar-refractivity contribution in [3.63, 3.8) is 0 Å². The van der Waals surface area contributed by atoms with Crippen LogP contribution in [0.5, 0.6) is 17.2 Å². The van der Waals surface area contributed by atoms with Gasteiger partial charge in [-0.3, -0.25) is 5.43 Å². The second-order valence-corrected chi connectivity index (χ2v) is 12.5. The molecule has 0 aliphatic carbocycles. The van der Waals surface area contributed by atoms with Gasteiger partial charge >= 0.3 is 18.0 Å². The van der Waals surface area contributed by atoms with Gasteiger partial charge < -0.3 is 39.4 Å². The Morgan fingerprint density at radius 3 is 2.47 bits per heavy atom. The number of hydrogen-bond donors (Lipinski definition) is 4. The molecule has 0 saturated carbocycles. The molecule has 4 N–H and O–H groups in total. The third-order valence-electron chi connectivity index (χ3n) is 6.98. The van der Waals surface area contributed by atoms with Gasteiger partial charge in [0.15, 0.2) is 17.7 Å². The fraction of sp³-hybridized carbons (Fsp3) is 0.294. The van der Waals surface area contributed by atoms with E-state index in [4.69, 9.17) is 23.7 Å². The molecule has 15 heteroatoms. The summed E-state index contributed by atoms with van der Waals surface area (Å²) < 4.78 is 29.1. The first-order valence-corrected chi connectivity index (χ1v) is 17.0. The summed E-state index contributed by atoms with van der Waals surface area (Å²) in [5.41, 5.74) is 5.98. The number of hydrogen-bond acceptors (Lipinski definition) is 11. The topological polar surface area (TPSA) is 166 Å². The molecule has 0 radical (unpaired) electrons. The van der Waals surface area contributed by atoms with Crippen LogP contribution >= 0.6 is 38.5 Å². The van der Waals surface area contributed by atoms with Crippen molar-refractivity contribution in [2.24, 2.45) is 5.10 Å². The normalized spacial score (nSPS) is 14.8. The number of aliphatic hydroxyl groups is 1.